The first-order chi connectivity index (χ1) is 11.8. The highest BCUT2D eigenvalue weighted by molar-refractivity contribution is 5.94. The average Bonchev–Trinajstić information content (AvgIpc) is 2.84. The molecule has 1 unspecified atom stereocenters. The van der Waals surface area contributed by atoms with Crippen LogP contribution in [0.15, 0.2) is 12.1 Å². The lowest BCUT2D eigenvalue weighted by Gasteiger charge is -2.31. The molecule has 0 saturated carbocycles. The van der Waals surface area contributed by atoms with E-state index in [1.807, 2.05) is 33.9 Å². The number of esters is 1. The van der Waals surface area contributed by atoms with Crippen molar-refractivity contribution >= 4 is 12.1 Å². The normalized spacial score (nSPS) is 19.3. The molecule has 0 aliphatic carbocycles. The maximum Gasteiger partial charge on any atom is 0.410 e. The second kappa shape index (κ2) is 6.67. The van der Waals surface area contributed by atoms with Crippen LogP contribution in [0.2, 0.25) is 0 Å². The third-order valence-electron chi connectivity index (χ3n) is 4.51. The predicted octanol–water partition coefficient (Wildman–Crippen LogP) is 2.80. The molecular formula is C19H26N2O4. The van der Waals surface area contributed by atoms with Gasteiger partial charge in [-0.2, -0.15) is 0 Å². The van der Waals surface area contributed by atoms with Crippen molar-refractivity contribution in [2.75, 3.05) is 20.1 Å². The Labute approximate surface area is 148 Å². The first-order valence-electron chi connectivity index (χ1n) is 8.77. The molecule has 2 aliphatic rings. The van der Waals surface area contributed by atoms with E-state index in [0.717, 1.165) is 30.5 Å². The molecule has 1 aromatic carbocycles. The van der Waals surface area contributed by atoms with Gasteiger partial charge in [0.2, 0.25) is 0 Å². The zero-order valence-electron chi connectivity index (χ0n) is 15.3. The van der Waals surface area contributed by atoms with Crippen LogP contribution in [-0.4, -0.2) is 42.7 Å². The van der Waals surface area contributed by atoms with Crippen molar-refractivity contribution in [3.05, 3.63) is 34.4 Å². The Bertz CT molecular complexity index is 693. The molecule has 0 spiro atoms. The van der Waals surface area contributed by atoms with E-state index < -0.39 is 5.60 Å². The molecular weight excluding hydrogens is 320 g/mol. The standard InChI is InChI=1S/C19H26N2O4/c1-19(2,3)25-18(23)21-8-6-12-9-14-15(10-13(12)11-21)17(22)24-16(14)5-7-20-4/h9-10,16,20H,5-8,11H2,1-4H3. The molecule has 1 aromatic rings. The van der Waals surface area contributed by atoms with Crippen LogP contribution in [-0.2, 0) is 22.4 Å². The minimum absolute atomic E-state index is 0.177. The lowest BCUT2D eigenvalue weighted by molar-refractivity contribution is 0.0223. The smallest absolute Gasteiger partial charge is 0.410 e. The fourth-order valence-electron chi connectivity index (χ4n) is 3.30. The highest BCUT2D eigenvalue weighted by Gasteiger charge is 2.34. The summed E-state index contributed by atoms with van der Waals surface area (Å²) in [6.45, 7) is 7.45. The van der Waals surface area contributed by atoms with E-state index in [1.54, 1.807) is 4.90 Å². The fraction of sp³-hybridized carbons (Fsp3) is 0.579. The second-order valence-corrected chi connectivity index (χ2v) is 7.65. The van der Waals surface area contributed by atoms with Crippen molar-refractivity contribution in [2.45, 2.75) is 51.9 Å². The summed E-state index contributed by atoms with van der Waals surface area (Å²) in [7, 11) is 1.88. The highest BCUT2D eigenvalue weighted by atomic mass is 16.6. The van der Waals surface area contributed by atoms with Gasteiger partial charge in [0.1, 0.15) is 11.7 Å². The summed E-state index contributed by atoms with van der Waals surface area (Å²) >= 11 is 0. The quantitative estimate of drug-likeness (QED) is 0.853. The number of nitrogens with zero attached hydrogens (tertiary/aromatic N) is 1. The van der Waals surface area contributed by atoms with Gasteiger partial charge in [-0.3, -0.25) is 0 Å². The van der Waals surface area contributed by atoms with Gasteiger partial charge in [0.05, 0.1) is 5.56 Å². The average molecular weight is 346 g/mol. The summed E-state index contributed by atoms with van der Waals surface area (Å²) in [5, 5.41) is 3.09. The second-order valence-electron chi connectivity index (χ2n) is 7.65. The van der Waals surface area contributed by atoms with E-state index in [1.165, 1.54) is 5.56 Å². The number of hydrogen-bond acceptors (Lipinski definition) is 5. The molecule has 0 bridgehead atoms. The molecule has 0 fully saturated rings. The molecule has 25 heavy (non-hydrogen) atoms. The number of rotatable bonds is 3. The van der Waals surface area contributed by atoms with Crippen LogP contribution < -0.4 is 5.32 Å². The number of cyclic esters (lactones) is 1. The first-order valence-corrected chi connectivity index (χ1v) is 8.77. The molecule has 0 radical (unpaired) electrons. The largest absolute Gasteiger partial charge is 0.454 e. The van der Waals surface area contributed by atoms with Gasteiger partial charge in [0.25, 0.3) is 0 Å². The van der Waals surface area contributed by atoms with E-state index in [0.29, 0.717) is 18.7 Å². The Kier molecular flexibility index (Phi) is 4.73. The van der Waals surface area contributed by atoms with Crippen molar-refractivity contribution in [3.63, 3.8) is 0 Å². The Hall–Kier alpha value is -2.08. The lowest BCUT2D eigenvalue weighted by Crippen LogP contribution is -2.40. The lowest BCUT2D eigenvalue weighted by atomic mass is 9.92. The molecule has 1 atom stereocenters. The van der Waals surface area contributed by atoms with E-state index in [4.69, 9.17) is 9.47 Å². The van der Waals surface area contributed by atoms with Crippen LogP contribution in [0.1, 0.15) is 60.3 Å². The fourth-order valence-corrected chi connectivity index (χ4v) is 3.30. The molecule has 3 rings (SSSR count). The number of ether oxygens (including phenoxy) is 2. The van der Waals surface area contributed by atoms with Crippen molar-refractivity contribution in [2.24, 2.45) is 0 Å². The van der Waals surface area contributed by atoms with Crippen molar-refractivity contribution < 1.29 is 19.1 Å². The molecule has 1 amide bonds. The minimum atomic E-state index is -0.514. The summed E-state index contributed by atoms with van der Waals surface area (Å²) in [5.74, 6) is -0.270. The molecule has 6 nitrogen and oxygen atoms in total. The van der Waals surface area contributed by atoms with Gasteiger partial charge in [-0.05, 0) is 58.0 Å². The summed E-state index contributed by atoms with van der Waals surface area (Å²) < 4.78 is 11.0. The van der Waals surface area contributed by atoms with Crippen molar-refractivity contribution in [1.29, 1.82) is 0 Å². The summed E-state index contributed by atoms with van der Waals surface area (Å²) in [5.41, 5.74) is 3.28. The first kappa shape index (κ1) is 17.7. The molecule has 1 N–H and O–H groups in total. The summed E-state index contributed by atoms with van der Waals surface area (Å²) in [4.78, 5) is 26.2. The predicted molar refractivity (Wildman–Crippen MR) is 93.5 cm³/mol. The maximum absolute atomic E-state index is 12.3. The number of amides is 1. The Morgan fingerprint density at radius 3 is 2.80 bits per heavy atom. The Balaban J connectivity index is 1.80. The Morgan fingerprint density at radius 2 is 2.12 bits per heavy atom. The van der Waals surface area contributed by atoms with Gasteiger partial charge < -0.3 is 19.7 Å². The van der Waals surface area contributed by atoms with E-state index in [2.05, 4.69) is 11.4 Å². The van der Waals surface area contributed by atoms with Gasteiger partial charge >= 0.3 is 12.1 Å². The third-order valence-corrected chi connectivity index (χ3v) is 4.51. The van der Waals surface area contributed by atoms with Crippen LogP contribution in [0.3, 0.4) is 0 Å². The molecule has 0 aromatic heterocycles. The van der Waals surface area contributed by atoms with Crippen LogP contribution in [0.4, 0.5) is 4.79 Å². The number of hydrogen-bond donors (Lipinski definition) is 1. The van der Waals surface area contributed by atoms with Crippen molar-refractivity contribution in [3.8, 4) is 0 Å². The van der Waals surface area contributed by atoms with E-state index in [-0.39, 0.29) is 18.2 Å². The highest BCUT2D eigenvalue weighted by Crippen LogP contribution is 2.36. The summed E-state index contributed by atoms with van der Waals surface area (Å²) in [6, 6.07) is 3.98. The third kappa shape index (κ3) is 3.79. The summed E-state index contributed by atoms with van der Waals surface area (Å²) in [6.07, 6.45) is 1.03. The molecule has 2 heterocycles. The van der Waals surface area contributed by atoms with Gasteiger partial charge in [-0.15, -0.1) is 0 Å². The number of benzene rings is 1. The molecule has 0 saturated heterocycles. The number of carbonyl (C=O) groups is 2. The molecule has 136 valence electrons. The topological polar surface area (TPSA) is 67.9 Å². The van der Waals surface area contributed by atoms with Crippen molar-refractivity contribution in [1.82, 2.24) is 10.2 Å². The number of fused-ring (bicyclic) bond motifs is 2. The SMILES string of the molecule is CNCCC1OC(=O)c2cc3c(cc21)CCN(C(=O)OC(C)(C)C)C3. The molecule has 6 heteroatoms. The van der Waals surface area contributed by atoms with Crippen LogP contribution in [0, 0.1) is 0 Å². The van der Waals surface area contributed by atoms with Gasteiger partial charge in [-0.1, -0.05) is 6.07 Å². The zero-order valence-corrected chi connectivity index (χ0v) is 15.3. The van der Waals surface area contributed by atoms with Gasteiger partial charge in [0.15, 0.2) is 0 Å². The van der Waals surface area contributed by atoms with E-state index in [9.17, 15) is 9.59 Å². The van der Waals surface area contributed by atoms with E-state index >= 15 is 0 Å². The number of carbonyl (C=O) groups excluding carboxylic acids is 2. The Morgan fingerprint density at radius 1 is 1.36 bits per heavy atom. The van der Waals surface area contributed by atoms with Gasteiger partial charge in [0, 0.05) is 25.1 Å². The van der Waals surface area contributed by atoms with Crippen LogP contribution in [0.5, 0.6) is 0 Å². The maximum atomic E-state index is 12.3. The monoisotopic (exact) mass is 346 g/mol. The number of nitrogens with one attached hydrogen (secondary N) is 1. The minimum Gasteiger partial charge on any atom is -0.454 e. The van der Waals surface area contributed by atoms with Crippen LogP contribution >= 0.6 is 0 Å². The molecule has 2 aliphatic heterocycles. The zero-order chi connectivity index (χ0) is 18.2. The van der Waals surface area contributed by atoms with Crippen LogP contribution in [0.25, 0.3) is 0 Å². The van der Waals surface area contributed by atoms with Gasteiger partial charge in [-0.25, -0.2) is 9.59 Å².